The number of ether oxygens (including phenoxy) is 1. The highest BCUT2D eigenvalue weighted by atomic mass is 16.5. The molecule has 116 valence electrons. The van der Waals surface area contributed by atoms with E-state index >= 15 is 0 Å². The topological polar surface area (TPSA) is 50.4 Å². The molecule has 0 bridgehead atoms. The highest BCUT2D eigenvalue weighted by molar-refractivity contribution is 5.95. The van der Waals surface area contributed by atoms with Crippen molar-refractivity contribution in [1.29, 1.82) is 0 Å². The SMILES string of the molecule is CCCNC(CC(C)CC)c1ccc2c(c1)NC(=O)CO2. The summed E-state index contributed by atoms with van der Waals surface area (Å²) in [5.41, 5.74) is 2.00. The van der Waals surface area contributed by atoms with Gasteiger partial charge in [0, 0.05) is 6.04 Å². The van der Waals surface area contributed by atoms with Crippen LogP contribution in [0.25, 0.3) is 0 Å². The van der Waals surface area contributed by atoms with Gasteiger partial charge in [0.15, 0.2) is 6.61 Å². The van der Waals surface area contributed by atoms with Gasteiger partial charge >= 0.3 is 0 Å². The summed E-state index contributed by atoms with van der Waals surface area (Å²) in [6.07, 6.45) is 3.39. The molecule has 2 N–H and O–H groups in total. The van der Waals surface area contributed by atoms with Crippen molar-refractivity contribution in [2.45, 2.75) is 46.1 Å². The predicted octanol–water partition coefficient (Wildman–Crippen LogP) is 3.49. The van der Waals surface area contributed by atoms with Crippen LogP contribution in [0.1, 0.15) is 51.6 Å². The van der Waals surface area contributed by atoms with E-state index in [1.807, 2.05) is 12.1 Å². The first-order valence-electron chi connectivity index (χ1n) is 7.94. The Morgan fingerprint density at radius 3 is 2.90 bits per heavy atom. The minimum atomic E-state index is -0.0837. The largest absolute Gasteiger partial charge is 0.482 e. The molecule has 21 heavy (non-hydrogen) atoms. The van der Waals surface area contributed by atoms with Crippen LogP contribution in [0.3, 0.4) is 0 Å². The van der Waals surface area contributed by atoms with Crippen molar-refractivity contribution in [2.24, 2.45) is 5.92 Å². The number of hydrogen-bond donors (Lipinski definition) is 2. The second kappa shape index (κ2) is 7.46. The molecule has 1 aliphatic rings. The first-order chi connectivity index (χ1) is 10.1. The normalized spacial score (nSPS) is 16.6. The lowest BCUT2D eigenvalue weighted by Gasteiger charge is -2.24. The maximum atomic E-state index is 11.5. The summed E-state index contributed by atoms with van der Waals surface area (Å²) in [6, 6.07) is 6.43. The van der Waals surface area contributed by atoms with Crippen molar-refractivity contribution < 1.29 is 9.53 Å². The molecular formula is C17H26N2O2. The van der Waals surface area contributed by atoms with Crippen molar-refractivity contribution in [1.82, 2.24) is 5.32 Å². The lowest BCUT2D eigenvalue weighted by molar-refractivity contribution is -0.118. The number of anilines is 1. The van der Waals surface area contributed by atoms with Gasteiger partial charge in [-0.2, -0.15) is 0 Å². The van der Waals surface area contributed by atoms with E-state index in [-0.39, 0.29) is 12.5 Å². The van der Waals surface area contributed by atoms with Crippen molar-refractivity contribution in [2.75, 3.05) is 18.5 Å². The van der Waals surface area contributed by atoms with E-state index in [9.17, 15) is 4.79 Å². The average Bonchev–Trinajstić information content (AvgIpc) is 2.50. The molecule has 0 spiro atoms. The predicted molar refractivity (Wildman–Crippen MR) is 85.7 cm³/mol. The number of amides is 1. The van der Waals surface area contributed by atoms with Gasteiger partial charge in [0.2, 0.25) is 0 Å². The van der Waals surface area contributed by atoms with Crippen molar-refractivity contribution in [3.8, 4) is 5.75 Å². The van der Waals surface area contributed by atoms with Gasteiger partial charge in [0.05, 0.1) is 5.69 Å². The lowest BCUT2D eigenvalue weighted by atomic mass is 9.93. The standard InChI is InChI=1S/C17H26N2O2/c1-4-8-18-14(9-12(3)5-2)13-6-7-16-15(10-13)19-17(20)11-21-16/h6-7,10,12,14,18H,4-5,8-9,11H2,1-3H3,(H,19,20). The summed E-state index contributed by atoms with van der Waals surface area (Å²) in [5, 5.41) is 6.50. The van der Waals surface area contributed by atoms with Gasteiger partial charge in [-0.05, 0) is 43.0 Å². The van der Waals surface area contributed by atoms with E-state index in [0.717, 1.165) is 30.8 Å². The molecule has 2 rings (SSSR count). The fourth-order valence-corrected chi connectivity index (χ4v) is 2.54. The van der Waals surface area contributed by atoms with Crippen LogP contribution in [0, 0.1) is 5.92 Å². The molecule has 1 aromatic carbocycles. The maximum Gasteiger partial charge on any atom is 0.262 e. The van der Waals surface area contributed by atoms with Crippen LogP contribution in [0.4, 0.5) is 5.69 Å². The third kappa shape index (κ3) is 4.21. The molecule has 2 atom stereocenters. The van der Waals surface area contributed by atoms with E-state index in [1.165, 1.54) is 12.0 Å². The van der Waals surface area contributed by atoms with Crippen LogP contribution < -0.4 is 15.4 Å². The Kier molecular flexibility index (Phi) is 5.62. The number of nitrogens with one attached hydrogen (secondary N) is 2. The monoisotopic (exact) mass is 290 g/mol. The molecule has 1 amide bonds. The smallest absolute Gasteiger partial charge is 0.262 e. The minimum Gasteiger partial charge on any atom is -0.482 e. The Morgan fingerprint density at radius 2 is 2.19 bits per heavy atom. The van der Waals surface area contributed by atoms with Crippen molar-refractivity contribution >= 4 is 11.6 Å². The van der Waals surface area contributed by atoms with E-state index in [0.29, 0.717) is 12.0 Å². The number of rotatable bonds is 7. The third-order valence-corrected chi connectivity index (χ3v) is 4.01. The van der Waals surface area contributed by atoms with E-state index in [2.05, 4.69) is 37.5 Å². The Morgan fingerprint density at radius 1 is 1.38 bits per heavy atom. The summed E-state index contributed by atoms with van der Waals surface area (Å²) < 4.78 is 5.42. The number of fused-ring (bicyclic) bond motifs is 1. The van der Waals surface area contributed by atoms with Crippen LogP contribution in [0.5, 0.6) is 5.75 Å². The third-order valence-electron chi connectivity index (χ3n) is 4.01. The first-order valence-corrected chi connectivity index (χ1v) is 7.94. The van der Waals surface area contributed by atoms with Gasteiger partial charge in [0.25, 0.3) is 5.91 Å². The number of benzene rings is 1. The number of carbonyl (C=O) groups is 1. The highest BCUT2D eigenvalue weighted by Crippen LogP contribution is 2.32. The summed E-state index contributed by atoms with van der Waals surface area (Å²) in [5.74, 6) is 1.34. The van der Waals surface area contributed by atoms with Crippen molar-refractivity contribution in [3.05, 3.63) is 23.8 Å². The summed E-state index contributed by atoms with van der Waals surface area (Å²) >= 11 is 0. The van der Waals surface area contributed by atoms with Gasteiger partial charge in [-0.25, -0.2) is 0 Å². The minimum absolute atomic E-state index is 0.0837. The number of hydrogen-bond acceptors (Lipinski definition) is 3. The number of carbonyl (C=O) groups excluding carboxylic acids is 1. The molecule has 4 nitrogen and oxygen atoms in total. The Labute approximate surface area is 127 Å². The Bertz CT molecular complexity index is 488. The van der Waals surface area contributed by atoms with Crippen LogP contribution in [-0.4, -0.2) is 19.1 Å². The molecule has 1 aromatic rings. The lowest BCUT2D eigenvalue weighted by Crippen LogP contribution is -2.27. The van der Waals surface area contributed by atoms with Gasteiger partial charge < -0.3 is 15.4 Å². The molecule has 1 aliphatic heterocycles. The first kappa shape index (κ1) is 15.8. The average molecular weight is 290 g/mol. The Balaban J connectivity index is 2.18. The van der Waals surface area contributed by atoms with Gasteiger partial charge in [-0.3, -0.25) is 4.79 Å². The zero-order valence-electron chi connectivity index (χ0n) is 13.2. The molecule has 1 heterocycles. The zero-order chi connectivity index (χ0) is 15.2. The zero-order valence-corrected chi connectivity index (χ0v) is 13.2. The summed E-state index contributed by atoms with van der Waals surface area (Å²) in [7, 11) is 0. The molecule has 2 unspecified atom stereocenters. The van der Waals surface area contributed by atoms with Gasteiger partial charge in [-0.1, -0.05) is 33.3 Å². The second-order valence-corrected chi connectivity index (χ2v) is 5.85. The molecule has 4 heteroatoms. The summed E-state index contributed by atoms with van der Waals surface area (Å²) in [6.45, 7) is 7.79. The second-order valence-electron chi connectivity index (χ2n) is 5.85. The van der Waals surface area contributed by atoms with Crippen molar-refractivity contribution in [3.63, 3.8) is 0 Å². The highest BCUT2D eigenvalue weighted by Gasteiger charge is 2.19. The van der Waals surface area contributed by atoms with Crippen LogP contribution in [0.15, 0.2) is 18.2 Å². The quantitative estimate of drug-likeness (QED) is 0.808. The molecule has 0 saturated heterocycles. The Hall–Kier alpha value is -1.55. The fourth-order valence-electron chi connectivity index (χ4n) is 2.54. The van der Waals surface area contributed by atoms with Crippen LogP contribution in [-0.2, 0) is 4.79 Å². The molecule has 0 radical (unpaired) electrons. The fraction of sp³-hybridized carbons (Fsp3) is 0.588. The molecule has 0 fully saturated rings. The summed E-state index contributed by atoms with van der Waals surface area (Å²) in [4.78, 5) is 11.5. The molecule has 0 saturated carbocycles. The van der Waals surface area contributed by atoms with E-state index in [1.54, 1.807) is 0 Å². The van der Waals surface area contributed by atoms with Gasteiger partial charge in [0.1, 0.15) is 5.75 Å². The maximum absolute atomic E-state index is 11.5. The molecular weight excluding hydrogens is 264 g/mol. The van der Waals surface area contributed by atoms with E-state index < -0.39 is 0 Å². The molecule has 0 aliphatic carbocycles. The molecule has 0 aromatic heterocycles. The van der Waals surface area contributed by atoms with Crippen LogP contribution in [0.2, 0.25) is 0 Å². The van der Waals surface area contributed by atoms with E-state index in [4.69, 9.17) is 4.74 Å². The van der Waals surface area contributed by atoms with Crippen LogP contribution >= 0.6 is 0 Å². The van der Waals surface area contributed by atoms with Gasteiger partial charge in [-0.15, -0.1) is 0 Å².